The van der Waals surface area contributed by atoms with Gasteiger partial charge >= 0.3 is 0 Å². The van der Waals surface area contributed by atoms with Gasteiger partial charge < -0.3 is 20.7 Å². The Hall–Kier alpha value is -3.21. The summed E-state index contributed by atoms with van der Waals surface area (Å²) in [5.41, 5.74) is 2.69. The van der Waals surface area contributed by atoms with Crippen LogP contribution in [0.15, 0.2) is 36.4 Å². The molecule has 10 heteroatoms. The first-order valence-electron chi connectivity index (χ1n) is 11.3. The highest BCUT2D eigenvalue weighted by atomic mass is 19.1. The fourth-order valence-electron chi connectivity index (χ4n) is 3.90. The summed E-state index contributed by atoms with van der Waals surface area (Å²) in [4.78, 5) is 13.1. The summed E-state index contributed by atoms with van der Waals surface area (Å²) in [6, 6.07) is 10.7. The van der Waals surface area contributed by atoms with Crippen molar-refractivity contribution in [3.63, 3.8) is 0 Å². The average molecular weight is 468 g/mol. The molecule has 9 nitrogen and oxygen atoms in total. The summed E-state index contributed by atoms with van der Waals surface area (Å²) in [7, 11) is 1.57. The molecule has 180 valence electrons. The van der Waals surface area contributed by atoms with Crippen LogP contribution in [0.5, 0.6) is 0 Å². The standard InChI is InChI=1S/C24H30FN7O2/c1-14-5-6-21(22(25)7-14)17-8-18(24(33)28-13-19-12-26-15(2)11-27-19)10-20(9-17)32-23(16(3)34-4)29-30-31-32/h5-10,15-16,19,26-27H,11-13H2,1-4H3,(H,28,33). The predicted molar refractivity (Wildman–Crippen MR) is 126 cm³/mol. The third-order valence-electron chi connectivity index (χ3n) is 6.01. The number of amides is 1. The first-order valence-corrected chi connectivity index (χ1v) is 11.3. The molecule has 0 radical (unpaired) electrons. The molecule has 0 saturated carbocycles. The van der Waals surface area contributed by atoms with Crippen molar-refractivity contribution in [3.05, 3.63) is 59.2 Å². The van der Waals surface area contributed by atoms with Gasteiger partial charge in [-0.1, -0.05) is 12.1 Å². The maximum absolute atomic E-state index is 14.8. The molecule has 0 bridgehead atoms. The first kappa shape index (κ1) is 23.9. The second-order valence-corrected chi connectivity index (χ2v) is 8.70. The van der Waals surface area contributed by atoms with Gasteiger partial charge in [0.15, 0.2) is 5.82 Å². The highest BCUT2D eigenvalue weighted by Gasteiger charge is 2.21. The van der Waals surface area contributed by atoms with Gasteiger partial charge in [0.25, 0.3) is 5.91 Å². The molecule has 1 aromatic heterocycles. The number of nitrogens with one attached hydrogen (secondary N) is 3. The van der Waals surface area contributed by atoms with Gasteiger partial charge in [0.05, 0.1) is 5.69 Å². The van der Waals surface area contributed by atoms with Crippen molar-refractivity contribution >= 4 is 5.91 Å². The van der Waals surface area contributed by atoms with Crippen LogP contribution in [0.25, 0.3) is 16.8 Å². The Bertz CT molecular complexity index is 1160. The van der Waals surface area contributed by atoms with E-state index in [0.717, 1.165) is 18.7 Å². The normalized spacial score (nSPS) is 19.1. The third-order valence-corrected chi connectivity index (χ3v) is 6.01. The van der Waals surface area contributed by atoms with Crippen LogP contribution in [-0.2, 0) is 4.74 Å². The second-order valence-electron chi connectivity index (χ2n) is 8.70. The predicted octanol–water partition coefficient (Wildman–Crippen LogP) is 2.16. The van der Waals surface area contributed by atoms with E-state index in [1.165, 1.54) is 10.7 Å². The van der Waals surface area contributed by atoms with Gasteiger partial charge in [0.2, 0.25) is 0 Å². The Balaban J connectivity index is 1.69. The van der Waals surface area contributed by atoms with Gasteiger partial charge in [-0.25, -0.2) is 4.39 Å². The number of tetrazole rings is 1. The van der Waals surface area contributed by atoms with E-state index in [4.69, 9.17) is 4.74 Å². The molecule has 0 spiro atoms. The van der Waals surface area contributed by atoms with E-state index in [2.05, 4.69) is 38.4 Å². The molecule has 3 N–H and O–H groups in total. The number of nitrogens with zero attached hydrogens (tertiary/aromatic N) is 4. The molecule has 1 saturated heterocycles. The minimum Gasteiger partial charge on any atom is -0.374 e. The van der Waals surface area contributed by atoms with Gasteiger partial charge in [0, 0.05) is 50.0 Å². The smallest absolute Gasteiger partial charge is 0.251 e. The number of ether oxygens (including phenoxy) is 1. The molecule has 4 rings (SSSR count). The highest BCUT2D eigenvalue weighted by Crippen LogP contribution is 2.28. The van der Waals surface area contributed by atoms with Crippen LogP contribution < -0.4 is 16.0 Å². The lowest BCUT2D eigenvalue weighted by Gasteiger charge is -2.29. The summed E-state index contributed by atoms with van der Waals surface area (Å²) in [5, 5.41) is 21.7. The molecular formula is C24H30FN7O2. The number of halogens is 1. The fourth-order valence-corrected chi connectivity index (χ4v) is 3.90. The van der Waals surface area contributed by atoms with E-state index >= 15 is 0 Å². The number of aromatic nitrogens is 4. The largest absolute Gasteiger partial charge is 0.374 e. The summed E-state index contributed by atoms with van der Waals surface area (Å²) in [6.07, 6.45) is -0.376. The maximum Gasteiger partial charge on any atom is 0.251 e. The summed E-state index contributed by atoms with van der Waals surface area (Å²) >= 11 is 0. The number of benzene rings is 2. The van der Waals surface area contributed by atoms with Gasteiger partial charge in [-0.2, -0.15) is 4.68 Å². The monoisotopic (exact) mass is 467 g/mol. The van der Waals surface area contributed by atoms with E-state index in [9.17, 15) is 9.18 Å². The maximum atomic E-state index is 14.8. The number of methoxy groups -OCH3 is 1. The Kier molecular flexibility index (Phi) is 7.30. The Morgan fingerprint density at radius 2 is 2.09 bits per heavy atom. The van der Waals surface area contributed by atoms with Gasteiger partial charge in [-0.3, -0.25) is 4.79 Å². The van der Waals surface area contributed by atoms with Crippen molar-refractivity contribution in [2.24, 2.45) is 0 Å². The van der Waals surface area contributed by atoms with E-state index in [1.807, 2.05) is 19.9 Å². The molecule has 3 atom stereocenters. The van der Waals surface area contributed by atoms with Crippen LogP contribution in [-0.4, -0.2) is 64.9 Å². The van der Waals surface area contributed by atoms with Gasteiger partial charge in [-0.05, 0) is 66.6 Å². The number of piperazine rings is 1. The second kappa shape index (κ2) is 10.4. The molecule has 2 heterocycles. The van der Waals surface area contributed by atoms with Crippen LogP contribution >= 0.6 is 0 Å². The minimum absolute atomic E-state index is 0.131. The van der Waals surface area contributed by atoms with Crippen molar-refractivity contribution in [2.45, 2.75) is 39.0 Å². The van der Waals surface area contributed by atoms with Crippen molar-refractivity contribution in [3.8, 4) is 16.8 Å². The zero-order valence-corrected chi connectivity index (χ0v) is 19.8. The minimum atomic E-state index is -0.376. The average Bonchev–Trinajstić information content (AvgIpc) is 3.33. The molecule has 1 fully saturated rings. The molecule has 0 aliphatic carbocycles. The van der Waals surface area contributed by atoms with Crippen molar-refractivity contribution < 1.29 is 13.9 Å². The number of carbonyl (C=O) groups is 1. The molecule has 1 aliphatic heterocycles. The Morgan fingerprint density at radius 1 is 1.26 bits per heavy atom. The number of hydrogen-bond acceptors (Lipinski definition) is 7. The van der Waals surface area contributed by atoms with Crippen LogP contribution in [0.1, 0.15) is 41.7 Å². The quantitative estimate of drug-likeness (QED) is 0.489. The molecular weight excluding hydrogens is 437 g/mol. The van der Waals surface area contributed by atoms with Gasteiger partial charge in [0.1, 0.15) is 11.9 Å². The lowest BCUT2D eigenvalue weighted by atomic mass is 9.99. The van der Waals surface area contributed by atoms with E-state index < -0.39 is 0 Å². The third kappa shape index (κ3) is 5.30. The fraction of sp³-hybridized carbons (Fsp3) is 0.417. The summed E-state index contributed by atoms with van der Waals surface area (Å²) in [6.45, 7) is 7.84. The SMILES string of the molecule is COC(C)c1nnnn1-c1cc(C(=O)NCC2CNC(C)CN2)cc(-c2ccc(C)cc2F)c1. The number of rotatable bonds is 7. The molecule has 2 aromatic carbocycles. The zero-order valence-electron chi connectivity index (χ0n) is 19.8. The lowest BCUT2D eigenvalue weighted by Crippen LogP contribution is -2.56. The van der Waals surface area contributed by atoms with Crippen LogP contribution in [0, 0.1) is 12.7 Å². The summed E-state index contributed by atoms with van der Waals surface area (Å²) in [5.74, 6) is -0.148. The number of hydrogen-bond donors (Lipinski definition) is 3. The van der Waals surface area contributed by atoms with E-state index in [-0.39, 0.29) is 23.9 Å². The topological polar surface area (TPSA) is 106 Å². The van der Waals surface area contributed by atoms with Gasteiger partial charge in [-0.15, -0.1) is 5.10 Å². The highest BCUT2D eigenvalue weighted by molar-refractivity contribution is 5.96. The number of aryl methyl sites for hydroxylation is 1. The molecule has 3 unspecified atom stereocenters. The van der Waals surface area contributed by atoms with Crippen LogP contribution in [0.2, 0.25) is 0 Å². The molecule has 1 aliphatic rings. The molecule has 1 amide bonds. The zero-order chi connectivity index (χ0) is 24.2. The van der Waals surface area contributed by atoms with E-state index in [1.54, 1.807) is 31.4 Å². The number of carbonyl (C=O) groups excluding carboxylic acids is 1. The van der Waals surface area contributed by atoms with Crippen molar-refractivity contribution in [2.75, 3.05) is 26.7 Å². The van der Waals surface area contributed by atoms with Crippen molar-refractivity contribution in [1.82, 2.24) is 36.2 Å². The Labute approximate surface area is 198 Å². The van der Waals surface area contributed by atoms with Crippen LogP contribution in [0.3, 0.4) is 0 Å². The first-order chi connectivity index (χ1) is 16.4. The molecule has 3 aromatic rings. The lowest BCUT2D eigenvalue weighted by molar-refractivity contribution is 0.0948. The summed E-state index contributed by atoms with van der Waals surface area (Å²) < 4.78 is 21.7. The Morgan fingerprint density at radius 3 is 2.79 bits per heavy atom. The van der Waals surface area contributed by atoms with E-state index in [0.29, 0.717) is 40.8 Å². The molecule has 34 heavy (non-hydrogen) atoms. The van der Waals surface area contributed by atoms with Crippen molar-refractivity contribution in [1.29, 1.82) is 0 Å². The van der Waals surface area contributed by atoms with Crippen LogP contribution in [0.4, 0.5) is 4.39 Å².